The minimum atomic E-state index is -0.835. The summed E-state index contributed by atoms with van der Waals surface area (Å²) in [5.41, 5.74) is 0.935. The summed E-state index contributed by atoms with van der Waals surface area (Å²) >= 11 is 0. The maximum atomic E-state index is 15.8. The third kappa shape index (κ3) is 8.02. The summed E-state index contributed by atoms with van der Waals surface area (Å²) in [7, 11) is 2.01. The number of aromatic nitrogens is 2. The minimum absolute atomic E-state index is 0.00820. The van der Waals surface area contributed by atoms with Gasteiger partial charge in [0.05, 0.1) is 5.69 Å². The lowest BCUT2D eigenvalue weighted by molar-refractivity contribution is -0.138. The van der Waals surface area contributed by atoms with Gasteiger partial charge in [0.15, 0.2) is 0 Å². The van der Waals surface area contributed by atoms with Crippen molar-refractivity contribution in [2.75, 3.05) is 38.5 Å². The normalized spacial score (nSPS) is 20.4. The first-order valence-corrected chi connectivity index (χ1v) is 17.3. The Kier molecular flexibility index (Phi) is 9.96. The smallest absolute Gasteiger partial charge is 0.270 e. The number of nitrogens with zero attached hydrogens (tertiary/aromatic N) is 4. The average Bonchev–Trinajstić information content (AvgIpc) is 3.94. The van der Waals surface area contributed by atoms with Gasteiger partial charge in [-0.25, -0.2) is 4.39 Å². The zero-order chi connectivity index (χ0) is 33.2. The maximum Gasteiger partial charge on any atom is 0.270 e. The van der Waals surface area contributed by atoms with Gasteiger partial charge in [0.25, 0.3) is 5.91 Å². The molecular formula is C35H48FN7O4. The number of likely N-dealkylation sites (N-methyl/N-ethyl adjacent to an activating group) is 1. The largest absolute Gasteiger partial charge is 0.344 e. The second-order valence-corrected chi connectivity index (χ2v) is 14.1. The van der Waals surface area contributed by atoms with Crippen molar-refractivity contribution in [1.29, 1.82) is 0 Å². The second-order valence-electron chi connectivity index (χ2n) is 14.1. The van der Waals surface area contributed by atoms with E-state index >= 15 is 4.39 Å². The quantitative estimate of drug-likeness (QED) is 0.288. The molecule has 3 atom stereocenters. The number of amides is 4. The number of halogens is 1. The predicted molar refractivity (Wildman–Crippen MR) is 175 cm³/mol. The summed E-state index contributed by atoms with van der Waals surface area (Å²) in [4.78, 5) is 57.7. The molecule has 11 nitrogen and oxygen atoms in total. The fourth-order valence-corrected chi connectivity index (χ4v) is 6.98. The van der Waals surface area contributed by atoms with E-state index in [2.05, 4.69) is 25.9 Å². The number of anilines is 1. The van der Waals surface area contributed by atoms with Crippen LogP contribution < -0.4 is 16.0 Å². The molecule has 4 fully saturated rings. The molecule has 2 aromatic rings. The number of rotatable bonds is 14. The average molecular weight is 650 g/mol. The fourth-order valence-electron chi connectivity index (χ4n) is 6.98. The first kappa shape index (κ1) is 33.1. The molecule has 6 rings (SSSR count). The Bertz CT molecular complexity index is 1460. The van der Waals surface area contributed by atoms with Crippen LogP contribution in [0.4, 0.5) is 10.1 Å². The van der Waals surface area contributed by atoms with Crippen LogP contribution in [0, 0.1) is 29.5 Å². The van der Waals surface area contributed by atoms with Crippen LogP contribution in [-0.2, 0) is 20.9 Å². The molecule has 1 saturated heterocycles. The van der Waals surface area contributed by atoms with Gasteiger partial charge in [0, 0.05) is 51.3 Å². The van der Waals surface area contributed by atoms with Crippen LogP contribution in [0.1, 0.15) is 80.8 Å². The number of nitrogens with one attached hydrogen (secondary N) is 3. The fraction of sp³-hybridized carbons (Fsp3) is 0.629. The lowest BCUT2D eigenvalue weighted by atomic mass is 9.88. The topological polar surface area (TPSA) is 129 Å². The molecule has 4 amide bonds. The van der Waals surface area contributed by atoms with Gasteiger partial charge < -0.3 is 25.8 Å². The zero-order valence-electron chi connectivity index (χ0n) is 27.7. The summed E-state index contributed by atoms with van der Waals surface area (Å²) in [6, 6.07) is 4.53. The van der Waals surface area contributed by atoms with Crippen LogP contribution in [0.25, 0.3) is 0 Å². The predicted octanol–water partition coefficient (Wildman–Crippen LogP) is 3.38. The van der Waals surface area contributed by atoms with Gasteiger partial charge in [-0.2, -0.15) is 5.10 Å². The van der Waals surface area contributed by atoms with Crippen molar-refractivity contribution in [3.8, 4) is 0 Å². The first-order valence-electron chi connectivity index (χ1n) is 17.3. The standard InChI is InChI=1S/C35H48FN7O4/c1-4-43-28(13-14-37-43)33(45)40-32(30(23-7-8-23)24-9-10-24)34(46)38-27-12-11-25(20-26(27)36)21(2)31(39-29(44)19-22-5-6-22)35(47)42-17-15-41(3)16-18-42/h11-14,20-24,30-32H,4-10,15-19H2,1-3H3,(H,38,46)(H,39,44)(H,40,45)/t21-,31+,32-/m0/s1. The molecule has 3 N–H and O–H groups in total. The lowest BCUT2D eigenvalue weighted by Crippen LogP contribution is -2.55. The van der Waals surface area contributed by atoms with E-state index in [0.717, 1.165) is 51.6 Å². The van der Waals surface area contributed by atoms with E-state index in [4.69, 9.17) is 0 Å². The van der Waals surface area contributed by atoms with Gasteiger partial charge in [0.2, 0.25) is 17.7 Å². The van der Waals surface area contributed by atoms with Gasteiger partial charge in [-0.05, 0) is 99.9 Å². The number of hydrogen-bond acceptors (Lipinski definition) is 6. The number of benzene rings is 1. The van der Waals surface area contributed by atoms with Crippen LogP contribution >= 0.6 is 0 Å². The summed E-state index contributed by atoms with van der Waals surface area (Å²) in [5, 5.41) is 12.9. The Balaban J connectivity index is 1.18. The maximum absolute atomic E-state index is 15.8. The van der Waals surface area contributed by atoms with Crippen molar-refractivity contribution in [3.63, 3.8) is 0 Å². The van der Waals surface area contributed by atoms with E-state index in [-0.39, 0.29) is 29.3 Å². The van der Waals surface area contributed by atoms with Gasteiger partial charge in [-0.3, -0.25) is 23.9 Å². The van der Waals surface area contributed by atoms with Crippen molar-refractivity contribution >= 4 is 29.3 Å². The lowest BCUT2D eigenvalue weighted by Gasteiger charge is -2.36. The third-order valence-electron chi connectivity index (χ3n) is 10.4. The minimum Gasteiger partial charge on any atom is -0.344 e. The van der Waals surface area contributed by atoms with Crippen LogP contribution in [-0.4, -0.2) is 88.5 Å². The third-order valence-corrected chi connectivity index (χ3v) is 10.4. The molecule has 0 radical (unpaired) electrons. The Morgan fingerprint density at radius 2 is 1.62 bits per heavy atom. The molecule has 47 heavy (non-hydrogen) atoms. The summed E-state index contributed by atoms with van der Waals surface area (Å²) in [6.45, 7) is 6.87. The Hall–Kier alpha value is -3.80. The SMILES string of the molecule is CCn1nccc1C(=O)N[C@H](C(=O)Nc1ccc([C@H](C)[C@@H](NC(=O)CC2CC2)C(=O)N2CCN(C)CC2)cc1F)C(C1CC1)C1CC1. The Morgan fingerprint density at radius 3 is 2.21 bits per heavy atom. The Morgan fingerprint density at radius 1 is 0.936 bits per heavy atom. The second kappa shape index (κ2) is 14.1. The van der Waals surface area contributed by atoms with Crippen molar-refractivity contribution in [2.45, 2.75) is 83.3 Å². The molecule has 0 bridgehead atoms. The van der Waals surface area contributed by atoms with Crippen LogP contribution in [0.15, 0.2) is 30.5 Å². The van der Waals surface area contributed by atoms with Crippen molar-refractivity contribution < 1.29 is 23.6 Å². The number of carbonyl (C=O) groups excluding carboxylic acids is 4. The molecule has 1 aromatic heterocycles. The van der Waals surface area contributed by atoms with Gasteiger partial charge in [-0.1, -0.05) is 13.0 Å². The summed E-state index contributed by atoms with van der Waals surface area (Å²) in [6.07, 6.45) is 8.05. The van der Waals surface area contributed by atoms with E-state index in [1.54, 1.807) is 27.9 Å². The van der Waals surface area contributed by atoms with E-state index < -0.39 is 29.7 Å². The van der Waals surface area contributed by atoms with Crippen LogP contribution in [0.2, 0.25) is 0 Å². The molecule has 4 aliphatic rings. The molecule has 3 saturated carbocycles. The molecule has 0 spiro atoms. The zero-order valence-corrected chi connectivity index (χ0v) is 27.7. The van der Waals surface area contributed by atoms with Gasteiger partial charge in [0.1, 0.15) is 23.6 Å². The van der Waals surface area contributed by atoms with Crippen LogP contribution in [0.5, 0.6) is 0 Å². The van der Waals surface area contributed by atoms with E-state index in [0.29, 0.717) is 55.1 Å². The van der Waals surface area contributed by atoms with Crippen LogP contribution in [0.3, 0.4) is 0 Å². The molecule has 3 aliphatic carbocycles. The highest BCUT2D eigenvalue weighted by molar-refractivity contribution is 6.01. The highest BCUT2D eigenvalue weighted by Gasteiger charge is 2.48. The van der Waals surface area contributed by atoms with Crippen molar-refractivity contribution in [1.82, 2.24) is 30.2 Å². The molecular weight excluding hydrogens is 601 g/mol. The van der Waals surface area contributed by atoms with Crippen molar-refractivity contribution in [3.05, 3.63) is 47.5 Å². The number of aryl methyl sites for hydroxylation is 1. The number of piperazine rings is 1. The summed E-state index contributed by atoms with van der Waals surface area (Å²) in [5.74, 6) is -1.23. The monoisotopic (exact) mass is 649 g/mol. The first-order chi connectivity index (χ1) is 22.6. The van der Waals surface area contributed by atoms with Gasteiger partial charge >= 0.3 is 0 Å². The highest BCUT2D eigenvalue weighted by Crippen LogP contribution is 2.51. The number of hydrogen-bond donors (Lipinski definition) is 3. The molecule has 0 unspecified atom stereocenters. The molecule has 1 aromatic carbocycles. The van der Waals surface area contributed by atoms with E-state index in [1.807, 2.05) is 20.9 Å². The van der Waals surface area contributed by atoms with E-state index in [9.17, 15) is 19.2 Å². The molecule has 2 heterocycles. The van der Waals surface area contributed by atoms with Crippen molar-refractivity contribution in [2.24, 2.45) is 23.7 Å². The Labute approximate surface area is 276 Å². The number of carbonyl (C=O) groups is 4. The summed E-state index contributed by atoms with van der Waals surface area (Å²) < 4.78 is 17.4. The van der Waals surface area contributed by atoms with Gasteiger partial charge in [-0.15, -0.1) is 0 Å². The molecule has 1 aliphatic heterocycles. The molecule has 12 heteroatoms. The van der Waals surface area contributed by atoms with E-state index in [1.165, 1.54) is 12.1 Å². The molecule has 254 valence electrons. The highest BCUT2D eigenvalue weighted by atomic mass is 19.1.